The van der Waals surface area contributed by atoms with Gasteiger partial charge in [0.15, 0.2) is 11.6 Å². The van der Waals surface area contributed by atoms with Gasteiger partial charge in [0.25, 0.3) is 0 Å². The topological polar surface area (TPSA) is 29.5 Å². The Morgan fingerprint density at radius 1 is 1.21 bits per heavy atom. The van der Waals surface area contributed by atoms with Gasteiger partial charge in [0.2, 0.25) is 0 Å². The number of rotatable bonds is 4. The van der Waals surface area contributed by atoms with Gasteiger partial charge in [-0.2, -0.15) is 0 Å². The van der Waals surface area contributed by atoms with Gasteiger partial charge in [-0.15, -0.1) is 0 Å². The number of benzene rings is 2. The zero-order chi connectivity index (χ0) is 13.8. The summed E-state index contributed by atoms with van der Waals surface area (Å²) in [6, 6.07) is 11.5. The Hall–Kier alpha value is -1.58. The first-order valence-electron chi connectivity index (χ1n) is 6.01. The lowest BCUT2D eigenvalue weighted by molar-refractivity contribution is 0.173. The molecule has 2 aromatic rings. The Morgan fingerprint density at radius 2 is 1.89 bits per heavy atom. The summed E-state index contributed by atoms with van der Waals surface area (Å²) in [7, 11) is 0. The molecule has 19 heavy (non-hydrogen) atoms. The molecule has 2 nitrogen and oxygen atoms in total. The zero-order valence-electron chi connectivity index (χ0n) is 10.4. The van der Waals surface area contributed by atoms with E-state index in [9.17, 15) is 9.50 Å². The molecule has 0 aromatic heterocycles. The van der Waals surface area contributed by atoms with Crippen LogP contribution in [0.4, 0.5) is 4.39 Å². The van der Waals surface area contributed by atoms with E-state index in [1.807, 2.05) is 6.92 Å². The third-order valence-electron chi connectivity index (χ3n) is 2.80. The molecular formula is C15H14ClFO2. The lowest BCUT2D eigenvalue weighted by Gasteiger charge is -2.10. The molecule has 0 heterocycles. The normalized spacial score (nSPS) is 12.2. The van der Waals surface area contributed by atoms with Gasteiger partial charge in [-0.1, -0.05) is 36.7 Å². The smallest absolute Gasteiger partial charge is 0.184 e. The minimum atomic E-state index is -0.582. The number of halogens is 2. The highest BCUT2D eigenvalue weighted by Crippen LogP contribution is 2.29. The molecule has 0 amide bonds. The van der Waals surface area contributed by atoms with E-state index >= 15 is 0 Å². The second kappa shape index (κ2) is 6.04. The lowest BCUT2D eigenvalue weighted by Crippen LogP contribution is -1.95. The average Bonchev–Trinajstić information content (AvgIpc) is 2.44. The van der Waals surface area contributed by atoms with Crippen LogP contribution >= 0.6 is 11.6 Å². The van der Waals surface area contributed by atoms with Crippen LogP contribution < -0.4 is 4.74 Å². The van der Waals surface area contributed by atoms with Gasteiger partial charge in [-0.05, 0) is 36.2 Å². The van der Waals surface area contributed by atoms with Crippen molar-refractivity contribution in [1.82, 2.24) is 0 Å². The third kappa shape index (κ3) is 3.25. The summed E-state index contributed by atoms with van der Waals surface area (Å²) in [5, 5.41) is 9.70. The molecule has 0 radical (unpaired) electrons. The second-order valence-electron chi connectivity index (χ2n) is 4.15. The van der Waals surface area contributed by atoms with Gasteiger partial charge >= 0.3 is 0 Å². The van der Waals surface area contributed by atoms with Gasteiger partial charge < -0.3 is 9.84 Å². The molecule has 0 aliphatic heterocycles. The summed E-state index contributed by atoms with van der Waals surface area (Å²) in [4.78, 5) is 0. The van der Waals surface area contributed by atoms with Crippen LogP contribution in [0.1, 0.15) is 25.0 Å². The van der Waals surface area contributed by atoms with Crippen molar-refractivity contribution in [2.45, 2.75) is 19.4 Å². The first-order valence-corrected chi connectivity index (χ1v) is 6.39. The highest BCUT2D eigenvalue weighted by atomic mass is 35.5. The molecular weight excluding hydrogens is 267 g/mol. The Balaban J connectivity index is 2.18. The molecule has 0 aliphatic rings. The number of ether oxygens (including phenoxy) is 1. The number of hydrogen-bond acceptors (Lipinski definition) is 2. The molecule has 0 fully saturated rings. The van der Waals surface area contributed by atoms with Crippen LogP contribution in [0, 0.1) is 5.82 Å². The van der Waals surface area contributed by atoms with Crippen molar-refractivity contribution in [1.29, 1.82) is 0 Å². The maximum Gasteiger partial charge on any atom is 0.184 e. The predicted octanol–water partition coefficient (Wildman–Crippen LogP) is 4.71. The molecule has 0 aliphatic carbocycles. The summed E-state index contributed by atoms with van der Waals surface area (Å²) in [6.45, 7) is 1.90. The van der Waals surface area contributed by atoms with Gasteiger partial charge in [-0.25, -0.2) is 4.39 Å². The summed E-state index contributed by atoms with van der Waals surface area (Å²) in [6.07, 6.45) is 0.153. The summed E-state index contributed by atoms with van der Waals surface area (Å²) in [5.41, 5.74) is 0.807. The number of hydrogen-bond donors (Lipinski definition) is 1. The van der Waals surface area contributed by atoms with Crippen LogP contribution in [0.3, 0.4) is 0 Å². The minimum Gasteiger partial charge on any atom is -0.454 e. The molecule has 0 saturated heterocycles. The Bertz CT molecular complexity index is 555. The summed E-state index contributed by atoms with van der Waals surface area (Å²) in [5.74, 6) is -0.00801. The van der Waals surface area contributed by atoms with E-state index in [1.54, 1.807) is 30.3 Å². The van der Waals surface area contributed by atoms with Gasteiger partial charge in [-0.3, -0.25) is 0 Å². The van der Waals surface area contributed by atoms with Crippen LogP contribution in [-0.2, 0) is 0 Å². The lowest BCUT2D eigenvalue weighted by atomic mass is 10.1. The highest BCUT2D eigenvalue weighted by Gasteiger charge is 2.09. The first-order chi connectivity index (χ1) is 9.11. The van der Waals surface area contributed by atoms with Crippen LogP contribution in [0.2, 0.25) is 5.02 Å². The molecule has 0 unspecified atom stereocenters. The van der Waals surface area contributed by atoms with E-state index in [0.29, 0.717) is 12.2 Å². The maximum absolute atomic E-state index is 13.7. The standard InChI is InChI=1S/C15H14ClFO2/c1-2-13(18)10-6-8-11(9-7-10)19-14-5-3-4-12(16)15(14)17/h3-9,13,18H,2H2,1H3/t13-/m0/s1. The second-order valence-corrected chi connectivity index (χ2v) is 4.55. The van der Waals surface area contributed by atoms with Gasteiger partial charge in [0.05, 0.1) is 11.1 Å². The Morgan fingerprint density at radius 3 is 2.53 bits per heavy atom. The van der Waals surface area contributed by atoms with Gasteiger partial charge in [0.1, 0.15) is 5.75 Å². The Kier molecular flexibility index (Phi) is 4.40. The number of aliphatic hydroxyl groups is 1. The summed E-state index contributed by atoms with van der Waals surface area (Å²) >= 11 is 5.68. The van der Waals surface area contributed by atoms with Crippen molar-refractivity contribution >= 4 is 11.6 Å². The molecule has 1 atom stereocenters. The van der Waals surface area contributed by atoms with E-state index in [1.165, 1.54) is 12.1 Å². The summed E-state index contributed by atoms with van der Waals surface area (Å²) < 4.78 is 19.1. The molecule has 100 valence electrons. The third-order valence-corrected chi connectivity index (χ3v) is 3.09. The SMILES string of the molecule is CC[C@H](O)c1ccc(Oc2cccc(Cl)c2F)cc1. The average molecular weight is 281 g/mol. The number of aliphatic hydroxyl groups excluding tert-OH is 1. The molecule has 2 aromatic carbocycles. The molecule has 1 N–H and O–H groups in total. The van der Waals surface area contributed by atoms with Crippen molar-refractivity contribution in [3.8, 4) is 11.5 Å². The molecule has 0 bridgehead atoms. The van der Waals surface area contributed by atoms with E-state index in [-0.39, 0.29) is 10.8 Å². The van der Waals surface area contributed by atoms with E-state index in [4.69, 9.17) is 16.3 Å². The van der Waals surface area contributed by atoms with Crippen molar-refractivity contribution in [3.05, 3.63) is 58.9 Å². The van der Waals surface area contributed by atoms with Crippen LogP contribution in [0.15, 0.2) is 42.5 Å². The molecule has 0 saturated carbocycles. The Labute approximate surface area is 116 Å². The fraction of sp³-hybridized carbons (Fsp3) is 0.200. The van der Waals surface area contributed by atoms with Crippen LogP contribution in [0.25, 0.3) is 0 Å². The van der Waals surface area contributed by atoms with Gasteiger partial charge in [0, 0.05) is 0 Å². The fourth-order valence-electron chi connectivity index (χ4n) is 1.68. The van der Waals surface area contributed by atoms with E-state index < -0.39 is 11.9 Å². The predicted molar refractivity (Wildman–Crippen MR) is 73.2 cm³/mol. The first kappa shape index (κ1) is 13.8. The van der Waals surface area contributed by atoms with Crippen molar-refractivity contribution in [3.63, 3.8) is 0 Å². The van der Waals surface area contributed by atoms with Crippen molar-refractivity contribution in [2.75, 3.05) is 0 Å². The molecule has 2 rings (SSSR count). The minimum absolute atomic E-state index is 0.0236. The largest absolute Gasteiger partial charge is 0.454 e. The van der Waals surface area contributed by atoms with Crippen LogP contribution in [0.5, 0.6) is 11.5 Å². The molecule has 0 spiro atoms. The molecule has 4 heteroatoms. The fourth-order valence-corrected chi connectivity index (χ4v) is 1.85. The van der Waals surface area contributed by atoms with Crippen molar-refractivity contribution < 1.29 is 14.2 Å². The maximum atomic E-state index is 13.7. The quantitative estimate of drug-likeness (QED) is 0.878. The van der Waals surface area contributed by atoms with E-state index in [0.717, 1.165) is 5.56 Å². The zero-order valence-corrected chi connectivity index (χ0v) is 11.2. The van der Waals surface area contributed by atoms with Crippen molar-refractivity contribution in [2.24, 2.45) is 0 Å². The highest BCUT2D eigenvalue weighted by molar-refractivity contribution is 6.30. The van der Waals surface area contributed by atoms with Crippen LogP contribution in [-0.4, -0.2) is 5.11 Å². The monoisotopic (exact) mass is 280 g/mol. The van der Waals surface area contributed by atoms with E-state index in [2.05, 4.69) is 0 Å².